The number of nitrogens with one attached hydrogen (secondary N) is 2. The van der Waals surface area contributed by atoms with Gasteiger partial charge in [0.25, 0.3) is 11.5 Å². The van der Waals surface area contributed by atoms with E-state index < -0.39 is 0 Å². The van der Waals surface area contributed by atoms with Crippen molar-refractivity contribution in [2.24, 2.45) is 5.92 Å². The highest BCUT2D eigenvalue weighted by atomic mass is 16.2. The van der Waals surface area contributed by atoms with Crippen LogP contribution < -0.4 is 16.3 Å². The lowest BCUT2D eigenvalue weighted by molar-refractivity contribution is 0.0936. The number of rotatable bonds is 7. The van der Waals surface area contributed by atoms with Crippen molar-refractivity contribution in [3.05, 3.63) is 81.8 Å². The van der Waals surface area contributed by atoms with E-state index >= 15 is 0 Å². The van der Waals surface area contributed by atoms with Crippen LogP contribution in [0.4, 0.5) is 0 Å². The Labute approximate surface area is 171 Å². The van der Waals surface area contributed by atoms with Gasteiger partial charge in [-0.05, 0) is 30.9 Å². The number of carbonyl (C=O) groups is 1. The fourth-order valence-electron chi connectivity index (χ4n) is 3.55. The van der Waals surface area contributed by atoms with Crippen LogP contribution in [0, 0.1) is 12.8 Å². The molecule has 2 aromatic carbocycles. The number of nitrogens with zero attached hydrogens (tertiary/aromatic N) is 1. The van der Waals surface area contributed by atoms with E-state index in [1.807, 2.05) is 62.4 Å². The maximum Gasteiger partial charge on any atom is 0.276 e. The molecule has 0 fully saturated rings. The van der Waals surface area contributed by atoms with E-state index in [4.69, 9.17) is 0 Å². The third kappa shape index (κ3) is 4.34. The summed E-state index contributed by atoms with van der Waals surface area (Å²) in [5.74, 6) is 0.196. The molecule has 3 rings (SSSR count). The summed E-state index contributed by atoms with van der Waals surface area (Å²) in [5.41, 5.74) is 5.28. The Balaban J connectivity index is 2.07. The number of carbonyl (C=O) groups excluding carboxylic acids is 1. The summed E-state index contributed by atoms with van der Waals surface area (Å²) >= 11 is 0. The Hall–Kier alpha value is -3.08. The molecule has 0 aliphatic heterocycles. The van der Waals surface area contributed by atoms with Gasteiger partial charge in [-0.15, -0.1) is 0 Å². The summed E-state index contributed by atoms with van der Waals surface area (Å²) in [7, 11) is 0. The van der Waals surface area contributed by atoms with Gasteiger partial charge in [-0.2, -0.15) is 0 Å². The molecule has 29 heavy (non-hydrogen) atoms. The summed E-state index contributed by atoms with van der Waals surface area (Å²) in [6.07, 6.45) is 0.776. The minimum atomic E-state index is -0.172. The van der Waals surface area contributed by atoms with Crippen molar-refractivity contribution in [1.29, 1.82) is 0 Å². The fourth-order valence-corrected chi connectivity index (χ4v) is 3.55. The predicted molar refractivity (Wildman–Crippen MR) is 119 cm³/mol. The second kappa shape index (κ2) is 8.95. The van der Waals surface area contributed by atoms with Gasteiger partial charge in [-0.1, -0.05) is 69.3 Å². The van der Waals surface area contributed by atoms with Crippen molar-refractivity contribution in [3.63, 3.8) is 0 Å². The van der Waals surface area contributed by atoms with E-state index in [1.165, 1.54) is 4.68 Å². The van der Waals surface area contributed by atoms with Crippen LogP contribution in [0.1, 0.15) is 54.8 Å². The first-order valence-electron chi connectivity index (χ1n) is 10.2. The van der Waals surface area contributed by atoms with Crippen LogP contribution in [0.15, 0.2) is 59.4 Å². The normalized spacial score (nSPS) is 12.2. The molecule has 5 nitrogen and oxygen atoms in total. The molecule has 0 saturated carbocycles. The Morgan fingerprint density at radius 2 is 1.62 bits per heavy atom. The topological polar surface area (TPSA) is 63.1 Å². The quantitative estimate of drug-likeness (QED) is 0.628. The number of fused-ring (bicyclic) bond motifs is 1. The standard InChI is InChI=1S/C24H29N3O2/c1-5-21(18-11-7-6-8-12-18)26-23(28)22-17(4)27(25-15-16(2)3)24(29)20-14-10-9-13-19(20)22/h6-14,16,21,25H,5,15H2,1-4H3,(H,26,28). The lowest BCUT2D eigenvalue weighted by atomic mass is 10.0. The van der Waals surface area contributed by atoms with E-state index in [0.717, 1.165) is 12.0 Å². The lowest BCUT2D eigenvalue weighted by Crippen LogP contribution is -2.37. The zero-order valence-corrected chi connectivity index (χ0v) is 17.5. The molecule has 0 saturated heterocycles. The van der Waals surface area contributed by atoms with Gasteiger partial charge >= 0.3 is 0 Å². The van der Waals surface area contributed by atoms with Crippen molar-refractivity contribution in [3.8, 4) is 0 Å². The van der Waals surface area contributed by atoms with E-state index in [0.29, 0.717) is 34.5 Å². The summed E-state index contributed by atoms with van der Waals surface area (Å²) < 4.78 is 1.51. The van der Waals surface area contributed by atoms with Gasteiger partial charge < -0.3 is 10.7 Å². The second-order valence-corrected chi connectivity index (χ2v) is 7.75. The molecule has 152 valence electrons. The van der Waals surface area contributed by atoms with Crippen molar-refractivity contribution in [2.45, 2.75) is 40.2 Å². The largest absolute Gasteiger partial charge is 0.345 e. The molecule has 1 aromatic heterocycles. The van der Waals surface area contributed by atoms with E-state index in [2.05, 4.69) is 24.6 Å². The molecule has 1 unspecified atom stereocenters. The van der Waals surface area contributed by atoms with E-state index in [1.54, 1.807) is 6.07 Å². The van der Waals surface area contributed by atoms with Gasteiger partial charge in [-0.25, -0.2) is 4.68 Å². The lowest BCUT2D eigenvalue weighted by Gasteiger charge is -2.22. The highest BCUT2D eigenvalue weighted by Crippen LogP contribution is 2.22. The molecule has 5 heteroatoms. The molecule has 1 atom stereocenters. The van der Waals surface area contributed by atoms with Crippen LogP contribution in [0.3, 0.4) is 0 Å². The fraction of sp³-hybridized carbons (Fsp3) is 0.333. The van der Waals surface area contributed by atoms with Gasteiger partial charge in [-0.3, -0.25) is 9.59 Å². The summed E-state index contributed by atoms with van der Waals surface area (Å²) in [6.45, 7) is 8.66. The SMILES string of the molecule is CCC(NC(=O)c1c(C)n(NCC(C)C)c(=O)c2ccccc12)c1ccccc1. The summed E-state index contributed by atoms with van der Waals surface area (Å²) in [6, 6.07) is 17.2. The molecular formula is C24H29N3O2. The molecule has 1 amide bonds. The molecule has 2 N–H and O–H groups in total. The highest BCUT2D eigenvalue weighted by molar-refractivity contribution is 6.07. The molecule has 0 aliphatic rings. The van der Waals surface area contributed by atoms with Crippen molar-refractivity contribution in [1.82, 2.24) is 9.99 Å². The Bertz CT molecular complexity index is 1050. The van der Waals surface area contributed by atoms with Crippen molar-refractivity contribution < 1.29 is 4.79 Å². The third-order valence-electron chi connectivity index (χ3n) is 5.13. The smallest absolute Gasteiger partial charge is 0.276 e. The first kappa shape index (κ1) is 20.6. The average Bonchev–Trinajstić information content (AvgIpc) is 2.72. The van der Waals surface area contributed by atoms with Crippen LogP contribution in [0.25, 0.3) is 10.8 Å². The predicted octanol–water partition coefficient (Wildman–Crippen LogP) is 4.39. The van der Waals surface area contributed by atoms with Crippen LogP contribution >= 0.6 is 0 Å². The summed E-state index contributed by atoms with van der Waals surface area (Å²) in [4.78, 5) is 26.4. The Kier molecular flexibility index (Phi) is 6.37. The molecule has 0 radical (unpaired) electrons. The maximum atomic E-state index is 13.4. The molecule has 1 heterocycles. The zero-order chi connectivity index (χ0) is 21.0. The van der Waals surface area contributed by atoms with Gasteiger partial charge in [0, 0.05) is 17.3 Å². The van der Waals surface area contributed by atoms with Gasteiger partial charge in [0.05, 0.1) is 17.3 Å². The number of benzene rings is 2. The first-order chi connectivity index (χ1) is 13.9. The number of hydrogen-bond acceptors (Lipinski definition) is 3. The molecular weight excluding hydrogens is 362 g/mol. The average molecular weight is 392 g/mol. The second-order valence-electron chi connectivity index (χ2n) is 7.75. The number of amides is 1. The van der Waals surface area contributed by atoms with Gasteiger partial charge in [0.15, 0.2) is 0 Å². The highest BCUT2D eigenvalue weighted by Gasteiger charge is 2.22. The van der Waals surface area contributed by atoms with E-state index in [9.17, 15) is 9.59 Å². The first-order valence-corrected chi connectivity index (χ1v) is 10.2. The van der Waals surface area contributed by atoms with Crippen molar-refractivity contribution >= 4 is 16.7 Å². The molecule has 0 spiro atoms. The minimum absolute atomic E-state index is 0.0918. The van der Waals surface area contributed by atoms with Crippen LogP contribution in [0.5, 0.6) is 0 Å². The van der Waals surface area contributed by atoms with Crippen LogP contribution in [-0.4, -0.2) is 17.1 Å². The Morgan fingerprint density at radius 3 is 2.24 bits per heavy atom. The number of aromatic nitrogens is 1. The van der Waals surface area contributed by atoms with E-state index in [-0.39, 0.29) is 17.5 Å². The van der Waals surface area contributed by atoms with Gasteiger partial charge in [0.1, 0.15) is 0 Å². The minimum Gasteiger partial charge on any atom is -0.345 e. The monoisotopic (exact) mass is 391 g/mol. The maximum absolute atomic E-state index is 13.4. The molecule has 0 bridgehead atoms. The third-order valence-corrected chi connectivity index (χ3v) is 5.13. The zero-order valence-electron chi connectivity index (χ0n) is 17.5. The number of pyridine rings is 1. The molecule has 0 aliphatic carbocycles. The number of hydrogen-bond donors (Lipinski definition) is 2. The molecule has 3 aromatic rings. The summed E-state index contributed by atoms with van der Waals surface area (Å²) in [5, 5.41) is 4.37. The Morgan fingerprint density at radius 1 is 1.00 bits per heavy atom. The van der Waals surface area contributed by atoms with Gasteiger partial charge in [0.2, 0.25) is 0 Å². The van der Waals surface area contributed by atoms with Crippen LogP contribution in [-0.2, 0) is 0 Å². The van der Waals surface area contributed by atoms with Crippen LogP contribution in [0.2, 0.25) is 0 Å². The van der Waals surface area contributed by atoms with Crippen molar-refractivity contribution in [2.75, 3.05) is 12.0 Å².